The third kappa shape index (κ3) is 11.7. The molecule has 228 valence electrons. The van der Waals surface area contributed by atoms with Crippen LogP contribution in [0, 0.1) is 10.8 Å². The zero-order chi connectivity index (χ0) is 31.5. The van der Waals surface area contributed by atoms with E-state index in [0.717, 1.165) is 25.7 Å². The summed E-state index contributed by atoms with van der Waals surface area (Å²) in [4.78, 5) is 0. The first-order valence-electron chi connectivity index (χ1n) is 15.5. The Morgan fingerprint density at radius 3 is 1.19 bits per heavy atom. The summed E-state index contributed by atoms with van der Waals surface area (Å²) in [5, 5.41) is 20.2. The molecule has 0 spiro atoms. The van der Waals surface area contributed by atoms with Crippen LogP contribution in [0.25, 0.3) is 0 Å². The average molecular weight is 569 g/mol. The van der Waals surface area contributed by atoms with Gasteiger partial charge < -0.3 is 10.2 Å². The van der Waals surface area contributed by atoms with E-state index >= 15 is 0 Å². The number of aliphatic hydroxyl groups is 2. The van der Waals surface area contributed by atoms with E-state index in [-0.39, 0.29) is 23.0 Å². The molecule has 0 amide bonds. The predicted octanol–water partition coefficient (Wildman–Crippen LogP) is 10.5. The first-order chi connectivity index (χ1) is 19.6. The van der Waals surface area contributed by atoms with Gasteiger partial charge in [0.05, 0.1) is 12.2 Å². The van der Waals surface area contributed by atoms with Crippen LogP contribution in [-0.4, -0.2) is 22.4 Å². The molecule has 2 nitrogen and oxygen atoms in total. The zero-order valence-electron chi connectivity index (χ0n) is 28.0. The van der Waals surface area contributed by atoms with Gasteiger partial charge >= 0.3 is 0 Å². The van der Waals surface area contributed by atoms with Crippen LogP contribution in [0.2, 0.25) is 0 Å². The van der Waals surface area contributed by atoms with E-state index < -0.39 is 0 Å². The molecular weight excluding hydrogens is 512 g/mol. The van der Waals surface area contributed by atoms with Crippen LogP contribution in [0.5, 0.6) is 0 Å². The maximum atomic E-state index is 10.1. The quantitative estimate of drug-likeness (QED) is 0.257. The molecule has 2 atom stereocenters. The van der Waals surface area contributed by atoms with E-state index in [4.69, 9.17) is 0 Å². The number of aliphatic hydroxyl groups excluding tert-OH is 2. The molecule has 0 aromatic carbocycles. The Kier molecular flexibility index (Phi) is 13.5. The summed E-state index contributed by atoms with van der Waals surface area (Å²) in [6.07, 6.45) is 32.6. The highest BCUT2D eigenvalue weighted by Gasteiger charge is 2.32. The monoisotopic (exact) mass is 568 g/mol. The number of allylic oxidation sites excluding steroid dienone is 20. The van der Waals surface area contributed by atoms with Crippen molar-refractivity contribution in [2.45, 2.75) is 107 Å². The topological polar surface area (TPSA) is 40.5 Å². The SMILES string of the molecule is CC1=C(/C=C/C(C)=C\C=C\C(C)=C/C=C/C=C(C)\C=C\C=C(C)/C=C/C2=C(C)C[C@@H](O)CC2(C)C)C(C)(C)C[C@H](O)C1. The van der Waals surface area contributed by atoms with Gasteiger partial charge in [-0.1, -0.05) is 146 Å². The summed E-state index contributed by atoms with van der Waals surface area (Å²) < 4.78 is 0. The minimum Gasteiger partial charge on any atom is -0.393 e. The van der Waals surface area contributed by atoms with Crippen molar-refractivity contribution in [1.82, 2.24) is 0 Å². The van der Waals surface area contributed by atoms with Gasteiger partial charge in [0.1, 0.15) is 0 Å². The normalized spacial score (nSPS) is 25.0. The molecule has 2 rings (SSSR count). The smallest absolute Gasteiger partial charge is 0.0585 e. The van der Waals surface area contributed by atoms with Crippen LogP contribution in [-0.2, 0) is 0 Å². The fraction of sp³-hybridized carbons (Fsp3) is 0.450. The van der Waals surface area contributed by atoms with Crippen LogP contribution >= 0.6 is 0 Å². The molecule has 0 heterocycles. The van der Waals surface area contributed by atoms with Crippen molar-refractivity contribution in [3.8, 4) is 0 Å². The fourth-order valence-corrected chi connectivity index (χ4v) is 6.13. The first kappa shape index (κ1) is 35.3. The van der Waals surface area contributed by atoms with E-state index in [1.165, 1.54) is 44.6 Å². The van der Waals surface area contributed by atoms with Crippen LogP contribution in [0.4, 0.5) is 0 Å². The molecular formula is C40H56O2. The van der Waals surface area contributed by atoms with Crippen molar-refractivity contribution in [2.24, 2.45) is 10.8 Å². The minimum atomic E-state index is -0.227. The van der Waals surface area contributed by atoms with Crippen molar-refractivity contribution in [3.05, 3.63) is 130 Å². The van der Waals surface area contributed by atoms with Gasteiger partial charge in [-0.25, -0.2) is 0 Å². The standard InChI is InChI=1S/C40H56O2/c1-29(17-13-19-31(3)21-23-37-33(5)25-35(41)27-39(37,7)8)15-11-12-16-30(2)18-14-20-32(4)22-24-38-34(6)26-36(42)28-40(38,9)10/h11-24,35-36,41-42H,25-28H2,1-10H3/b12-11+,17-13+,18-14+,23-21+,24-22+,29-15-,30-16-,31-19-,32-20-/t35-,36-/m1/s1. The molecule has 0 unspecified atom stereocenters. The predicted molar refractivity (Wildman–Crippen MR) is 184 cm³/mol. The molecule has 2 heteroatoms. The Morgan fingerprint density at radius 2 is 0.857 bits per heavy atom. The molecule has 0 saturated carbocycles. The Hall–Kier alpha value is -2.94. The highest BCUT2D eigenvalue weighted by molar-refractivity contribution is 5.39. The second-order valence-corrected chi connectivity index (χ2v) is 13.7. The van der Waals surface area contributed by atoms with Gasteiger partial charge in [0.25, 0.3) is 0 Å². The molecule has 0 saturated heterocycles. The number of rotatable bonds is 10. The highest BCUT2D eigenvalue weighted by Crippen LogP contribution is 2.42. The Bertz CT molecular complexity index is 1190. The first-order valence-corrected chi connectivity index (χ1v) is 15.5. The van der Waals surface area contributed by atoms with Crippen LogP contribution in [0.15, 0.2) is 130 Å². The molecule has 0 bridgehead atoms. The maximum absolute atomic E-state index is 10.1. The summed E-state index contributed by atoms with van der Waals surface area (Å²) >= 11 is 0. The lowest BCUT2D eigenvalue weighted by molar-refractivity contribution is 0.116. The molecule has 0 aromatic heterocycles. The summed E-state index contributed by atoms with van der Waals surface area (Å²) in [7, 11) is 0. The van der Waals surface area contributed by atoms with Gasteiger partial charge in [-0.3, -0.25) is 0 Å². The zero-order valence-corrected chi connectivity index (χ0v) is 28.0. The van der Waals surface area contributed by atoms with E-state index in [0.29, 0.717) is 0 Å². The third-order valence-corrected chi connectivity index (χ3v) is 8.24. The lowest BCUT2D eigenvalue weighted by Crippen LogP contribution is -2.28. The molecule has 2 N–H and O–H groups in total. The van der Waals surface area contributed by atoms with Gasteiger partial charge in [0.2, 0.25) is 0 Å². The van der Waals surface area contributed by atoms with Crippen LogP contribution in [0.1, 0.15) is 94.9 Å². The van der Waals surface area contributed by atoms with Crippen molar-refractivity contribution in [2.75, 3.05) is 0 Å². The van der Waals surface area contributed by atoms with Gasteiger partial charge in [0.15, 0.2) is 0 Å². The second kappa shape index (κ2) is 16.1. The van der Waals surface area contributed by atoms with Crippen LogP contribution < -0.4 is 0 Å². The largest absolute Gasteiger partial charge is 0.393 e. The minimum absolute atomic E-state index is 0.00547. The van der Waals surface area contributed by atoms with Gasteiger partial charge in [-0.05, 0) is 89.2 Å². The van der Waals surface area contributed by atoms with Crippen molar-refractivity contribution < 1.29 is 10.2 Å². The average Bonchev–Trinajstić information content (AvgIpc) is 2.84. The van der Waals surface area contributed by atoms with Crippen molar-refractivity contribution in [3.63, 3.8) is 0 Å². The Balaban J connectivity index is 1.90. The molecule has 0 fully saturated rings. The Morgan fingerprint density at radius 1 is 0.548 bits per heavy atom. The van der Waals surface area contributed by atoms with E-state index in [2.05, 4.69) is 154 Å². The Labute approximate surface area is 257 Å². The van der Waals surface area contributed by atoms with Crippen molar-refractivity contribution >= 4 is 0 Å². The molecule has 0 radical (unpaired) electrons. The number of hydrogen-bond acceptors (Lipinski definition) is 2. The van der Waals surface area contributed by atoms with E-state index in [1.54, 1.807) is 0 Å². The summed E-state index contributed by atoms with van der Waals surface area (Å²) in [6.45, 7) is 21.6. The van der Waals surface area contributed by atoms with Gasteiger partial charge in [-0.15, -0.1) is 0 Å². The number of hydrogen-bond donors (Lipinski definition) is 2. The molecule has 42 heavy (non-hydrogen) atoms. The molecule has 0 aromatic rings. The summed E-state index contributed by atoms with van der Waals surface area (Å²) in [5.74, 6) is 0. The lowest BCUT2D eigenvalue weighted by Gasteiger charge is -2.35. The highest BCUT2D eigenvalue weighted by atomic mass is 16.3. The molecule has 2 aliphatic carbocycles. The molecule has 0 aliphatic heterocycles. The van der Waals surface area contributed by atoms with E-state index in [1.807, 2.05) is 0 Å². The van der Waals surface area contributed by atoms with Crippen molar-refractivity contribution in [1.29, 1.82) is 0 Å². The maximum Gasteiger partial charge on any atom is 0.0585 e. The second-order valence-electron chi connectivity index (χ2n) is 13.7. The third-order valence-electron chi connectivity index (χ3n) is 8.24. The van der Waals surface area contributed by atoms with E-state index in [9.17, 15) is 10.2 Å². The summed E-state index contributed by atoms with van der Waals surface area (Å²) in [6, 6.07) is 0. The lowest BCUT2D eigenvalue weighted by atomic mass is 9.71. The van der Waals surface area contributed by atoms with Crippen LogP contribution in [0.3, 0.4) is 0 Å². The molecule has 2 aliphatic rings. The fourth-order valence-electron chi connectivity index (χ4n) is 6.13. The van der Waals surface area contributed by atoms with Gasteiger partial charge in [-0.2, -0.15) is 0 Å². The van der Waals surface area contributed by atoms with Gasteiger partial charge in [0, 0.05) is 0 Å². The summed E-state index contributed by atoms with van der Waals surface area (Å²) in [5.41, 5.74) is 10.1.